The third kappa shape index (κ3) is 2.86. The first-order chi connectivity index (χ1) is 16.1. The van der Waals surface area contributed by atoms with E-state index < -0.39 is 24.3 Å². The maximum atomic E-state index is 12.2. The van der Waals surface area contributed by atoms with Crippen LogP contribution in [0.5, 0.6) is 0 Å². The van der Waals surface area contributed by atoms with Crippen molar-refractivity contribution in [3.05, 3.63) is 0 Å². The summed E-state index contributed by atoms with van der Waals surface area (Å²) in [6, 6.07) is 0. The van der Waals surface area contributed by atoms with Crippen LogP contribution in [-0.2, 0) is 33.3 Å². The molecule has 0 aromatic carbocycles. The highest BCUT2D eigenvalue weighted by molar-refractivity contribution is 5.74. The predicted molar refractivity (Wildman–Crippen MR) is 120 cm³/mol. The summed E-state index contributed by atoms with van der Waals surface area (Å²) in [5, 5.41) is 0. The molecule has 6 aliphatic rings. The van der Waals surface area contributed by atoms with E-state index in [9.17, 15) is 14.4 Å². The van der Waals surface area contributed by atoms with Crippen LogP contribution in [0.2, 0.25) is 0 Å². The number of esters is 2. The predicted octanol–water partition coefficient (Wildman–Crippen LogP) is 4.16. The van der Waals surface area contributed by atoms with Crippen molar-refractivity contribution in [2.24, 2.45) is 39.9 Å². The van der Waals surface area contributed by atoms with E-state index in [1.165, 1.54) is 13.2 Å². The Bertz CT molecular complexity index is 919. The molecule has 11 atom stereocenters. The summed E-state index contributed by atoms with van der Waals surface area (Å²) in [4.78, 5) is 36.6. The summed E-state index contributed by atoms with van der Waals surface area (Å²) in [5.74, 6) is 0.582. The van der Waals surface area contributed by atoms with Crippen LogP contribution in [0.4, 0.5) is 0 Å². The van der Waals surface area contributed by atoms with E-state index in [0.717, 1.165) is 44.9 Å². The molecule has 188 valence electrons. The van der Waals surface area contributed by atoms with Crippen LogP contribution in [0.15, 0.2) is 0 Å². The Hall–Kier alpha value is -1.47. The van der Waals surface area contributed by atoms with E-state index in [-0.39, 0.29) is 46.4 Å². The fraction of sp³-hybridized carbons (Fsp3) is 0.889. The smallest absolute Gasteiger partial charge is 0.311 e. The lowest BCUT2D eigenvalue weighted by Crippen LogP contribution is -2.61. The molecule has 6 rings (SSSR count). The molecule has 0 N–H and O–H groups in total. The third-order valence-electron chi connectivity index (χ3n) is 11.3. The Morgan fingerprint density at radius 2 is 1.85 bits per heavy atom. The topological polar surface area (TPSA) is 88.1 Å². The zero-order valence-corrected chi connectivity index (χ0v) is 20.8. The molecule has 1 spiro atoms. The van der Waals surface area contributed by atoms with E-state index >= 15 is 0 Å². The van der Waals surface area contributed by atoms with Gasteiger partial charge in [0.25, 0.3) is 0 Å². The van der Waals surface area contributed by atoms with Gasteiger partial charge in [-0.1, -0.05) is 27.2 Å². The van der Waals surface area contributed by atoms with Crippen molar-refractivity contribution < 1.29 is 33.3 Å². The van der Waals surface area contributed by atoms with Gasteiger partial charge in [0.15, 0.2) is 11.9 Å². The molecule has 2 bridgehead atoms. The van der Waals surface area contributed by atoms with Gasteiger partial charge in [-0.05, 0) is 73.5 Å². The standard InChI is InChI=1S/C27H38O7/c1-15(29)31-20-12-17-16(22-33-23-27(20,34-22)13-21(30)32-23)6-7-19-25(17,3)11-8-18-24(2,14-28)9-5-10-26(18,19)4/h14,16-20,22-23H,5-13H2,1-4H3. The first kappa shape index (κ1) is 23.0. The lowest BCUT2D eigenvalue weighted by Gasteiger charge is -2.66. The minimum absolute atomic E-state index is 0.0283. The van der Waals surface area contributed by atoms with Gasteiger partial charge >= 0.3 is 11.9 Å². The molecule has 7 nitrogen and oxygen atoms in total. The molecule has 7 heteroatoms. The number of hydrogen-bond donors (Lipinski definition) is 0. The fourth-order valence-corrected chi connectivity index (χ4v) is 9.96. The average molecular weight is 475 g/mol. The number of fused-ring (bicyclic) bond motifs is 7. The van der Waals surface area contributed by atoms with Crippen molar-refractivity contribution in [1.29, 1.82) is 0 Å². The number of aldehydes is 1. The molecule has 3 heterocycles. The van der Waals surface area contributed by atoms with Crippen molar-refractivity contribution in [3.8, 4) is 0 Å². The average Bonchev–Trinajstić information content (AvgIpc) is 3.21. The molecule has 6 fully saturated rings. The van der Waals surface area contributed by atoms with E-state index in [1.807, 2.05) is 0 Å². The van der Waals surface area contributed by atoms with Crippen molar-refractivity contribution in [3.63, 3.8) is 0 Å². The quantitative estimate of drug-likeness (QED) is 0.439. The second kappa shape index (κ2) is 7.28. The molecule has 0 amide bonds. The summed E-state index contributed by atoms with van der Waals surface area (Å²) >= 11 is 0. The lowest BCUT2D eigenvalue weighted by atomic mass is 9.38. The third-order valence-corrected chi connectivity index (χ3v) is 11.3. The normalized spacial score (nSPS) is 55.6. The van der Waals surface area contributed by atoms with Crippen LogP contribution < -0.4 is 0 Å². The highest BCUT2D eigenvalue weighted by atomic mass is 16.8. The summed E-state index contributed by atoms with van der Waals surface area (Å²) in [5.41, 5.74) is -1.14. The van der Waals surface area contributed by atoms with Crippen molar-refractivity contribution in [1.82, 2.24) is 0 Å². The van der Waals surface area contributed by atoms with Crippen LogP contribution in [-0.4, -0.2) is 42.5 Å². The molecule has 3 saturated heterocycles. The lowest BCUT2D eigenvalue weighted by molar-refractivity contribution is -0.221. The SMILES string of the molecule is CC(=O)OC1CC2C(CCC3C2(C)CCC2C(C)(C=O)CCCC23C)C2OC3OC(=O)CC13O2. The second-order valence-corrected chi connectivity index (χ2v) is 12.9. The van der Waals surface area contributed by atoms with Gasteiger partial charge in [-0.2, -0.15) is 0 Å². The Kier molecular flexibility index (Phi) is 4.92. The number of rotatable bonds is 2. The minimum atomic E-state index is -1.04. The van der Waals surface area contributed by atoms with Crippen LogP contribution in [0.1, 0.15) is 85.5 Å². The number of hydrogen-bond acceptors (Lipinski definition) is 7. The monoisotopic (exact) mass is 474 g/mol. The van der Waals surface area contributed by atoms with Crippen LogP contribution in [0.3, 0.4) is 0 Å². The Labute approximate surface area is 201 Å². The molecule has 11 unspecified atom stereocenters. The van der Waals surface area contributed by atoms with E-state index in [1.54, 1.807) is 0 Å². The largest absolute Gasteiger partial charge is 0.459 e. The van der Waals surface area contributed by atoms with Gasteiger partial charge in [0.2, 0.25) is 6.29 Å². The highest BCUT2D eigenvalue weighted by Crippen LogP contribution is 2.71. The summed E-state index contributed by atoms with van der Waals surface area (Å²) < 4.78 is 24.1. The van der Waals surface area contributed by atoms with E-state index in [2.05, 4.69) is 20.8 Å². The van der Waals surface area contributed by atoms with E-state index in [0.29, 0.717) is 18.3 Å². The van der Waals surface area contributed by atoms with Gasteiger partial charge in [-0.3, -0.25) is 9.59 Å². The molecule has 0 aromatic rings. The minimum Gasteiger partial charge on any atom is -0.459 e. The van der Waals surface area contributed by atoms with Crippen LogP contribution >= 0.6 is 0 Å². The van der Waals surface area contributed by atoms with Gasteiger partial charge in [0.1, 0.15) is 12.4 Å². The molecular formula is C27H38O7. The molecule has 34 heavy (non-hydrogen) atoms. The van der Waals surface area contributed by atoms with Crippen molar-refractivity contribution >= 4 is 18.2 Å². The second-order valence-electron chi connectivity index (χ2n) is 12.9. The molecule has 3 aliphatic carbocycles. The molecular weight excluding hydrogens is 436 g/mol. The van der Waals surface area contributed by atoms with Gasteiger partial charge in [0, 0.05) is 18.3 Å². The van der Waals surface area contributed by atoms with Crippen molar-refractivity contribution in [2.45, 2.75) is 110 Å². The first-order valence-corrected chi connectivity index (χ1v) is 13.2. The number of carbonyl (C=O) groups is 3. The zero-order valence-electron chi connectivity index (χ0n) is 20.8. The summed E-state index contributed by atoms with van der Waals surface area (Å²) in [6.45, 7) is 8.46. The fourth-order valence-electron chi connectivity index (χ4n) is 9.96. The first-order valence-electron chi connectivity index (χ1n) is 13.2. The van der Waals surface area contributed by atoms with Gasteiger partial charge in [0.05, 0.1) is 6.42 Å². The molecule has 0 aromatic heterocycles. The van der Waals surface area contributed by atoms with Gasteiger partial charge in [-0.15, -0.1) is 0 Å². The van der Waals surface area contributed by atoms with Crippen molar-refractivity contribution in [2.75, 3.05) is 0 Å². The van der Waals surface area contributed by atoms with Crippen LogP contribution in [0.25, 0.3) is 0 Å². The Morgan fingerprint density at radius 1 is 1.06 bits per heavy atom. The highest BCUT2D eigenvalue weighted by Gasteiger charge is 2.71. The molecule has 3 saturated carbocycles. The Morgan fingerprint density at radius 3 is 2.59 bits per heavy atom. The van der Waals surface area contributed by atoms with Gasteiger partial charge < -0.3 is 23.7 Å². The Balaban J connectivity index is 1.38. The maximum Gasteiger partial charge on any atom is 0.311 e. The van der Waals surface area contributed by atoms with E-state index in [4.69, 9.17) is 18.9 Å². The number of ether oxygens (including phenoxy) is 4. The maximum absolute atomic E-state index is 12.2. The summed E-state index contributed by atoms with van der Waals surface area (Å²) in [6.07, 6.45) is 7.53. The van der Waals surface area contributed by atoms with Gasteiger partial charge in [-0.25, -0.2) is 0 Å². The molecule has 3 aliphatic heterocycles. The zero-order chi connectivity index (χ0) is 24.1. The van der Waals surface area contributed by atoms with Crippen LogP contribution in [0, 0.1) is 39.9 Å². The molecule has 0 radical (unpaired) electrons. The summed E-state index contributed by atoms with van der Waals surface area (Å²) in [7, 11) is 0. The number of carbonyl (C=O) groups excluding carboxylic acids is 3.